The number of nitrogens with zero attached hydrogens (tertiary/aromatic N) is 1. The minimum atomic E-state index is -4.73. The predicted octanol–water partition coefficient (Wildman–Crippen LogP) is 3.53. The maximum atomic E-state index is 12.2. The average Bonchev–Trinajstić information content (AvgIpc) is 3.14. The number of hydrogen-bond acceptors (Lipinski definition) is 4. The Morgan fingerprint density at radius 2 is 1.88 bits per heavy atom. The molecule has 2 fully saturated rings. The molecule has 2 aliphatic rings. The van der Waals surface area contributed by atoms with Crippen molar-refractivity contribution in [1.82, 2.24) is 10.2 Å². The quantitative estimate of drug-likeness (QED) is 0.838. The lowest BCUT2D eigenvalue weighted by molar-refractivity contribution is -0.274. The fourth-order valence-corrected chi connectivity index (χ4v) is 4.73. The number of thioether (sulfide) groups is 1. The zero-order valence-corrected chi connectivity index (χ0v) is 15.2. The largest absolute Gasteiger partial charge is 0.573 e. The minimum Gasteiger partial charge on any atom is -0.406 e. The number of benzene rings is 1. The average molecular weight is 388 g/mol. The molecule has 8 heteroatoms. The Bertz CT molecular complexity index is 595. The van der Waals surface area contributed by atoms with Crippen LogP contribution >= 0.6 is 11.8 Å². The number of halogens is 3. The predicted molar refractivity (Wildman–Crippen MR) is 95.5 cm³/mol. The van der Waals surface area contributed by atoms with Gasteiger partial charge in [-0.1, -0.05) is 0 Å². The molecule has 2 aliphatic heterocycles. The summed E-state index contributed by atoms with van der Waals surface area (Å²) in [6, 6.07) is 5.71. The summed E-state index contributed by atoms with van der Waals surface area (Å²) >= 11 is 2.02. The van der Waals surface area contributed by atoms with Gasteiger partial charge in [-0.25, -0.2) is 0 Å². The van der Waals surface area contributed by atoms with Crippen LogP contribution in [0.2, 0.25) is 0 Å². The summed E-state index contributed by atoms with van der Waals surface area (Å²) in [5.74, 6) is 2.35. The van der Waals surface area contributed by atoms with Crippen LogP contribution in [0.1, 0.15) is 29.6 Å². The Labute approximate surface area is 155 Å². The van der Waals surface area contributed by atoms with E-state index >= 15 is 0 Å². The Kier molecular flexibility index (Phi) is 6.34. The van der Waals surface area contributed by atoms with Crippen LogP contribution in [0, 0.1) is 5.92 Å². The van der Waals surface area contributed by atoms with E-state index in [1.54, 1.807) is 0 Å². The van der Waals surface area contributed by atoms with Crippen LogP contribution < -0.4 is 10.1 Å². The van der Waals surface area contributed by atoms with E-state index in [2.05, 4.69) is 15.0 Å². The van der Waals surface area contributed by atoms with E-state index in [9.17, 15) is 18.0 Å². The highest BCUT2D eigenvalue weighted by Gasteiger charge is 2.31. The number of likely N-dealkylation sites (tertiary alicyclic amines) is 1. The highest BCUT2D eigenvalue weighted by Crippen LogP contribution is 2.27. The van der Waals surface area contributed by atoms with Crippen LogP contribution in [-0.4, -0.2) is 54.4 Å². The third kappa shape index (κ3) is 5.54. The number of nitrogens with one attached hydrogen (secondary N) is 1. The molecule has 1 N–H and O–H groups in total. The Morgan fingerprint density at radius 3 is 2.46 bits per heavy atom. The van der Waals surface area contributed by atoms with Crippen molar-refractivity contribution in [2.45, 2.75) is 31.7 Å². The second-order valence-electron chi connectivity index (χ2n) is 6.78. The van der Waals surface area contributed by atoms with Gasteiger partial charge in [-0.05, 0) is 68.3 Å². The fraction of sp³-hybridized carbons (Fsp3) is 0.611. The van der Waals surface area contributed by atoms with Crippen molar-refractivity contribution in [2.24, 2.45) is 5.92 Å². The molecule has 2 heterocycles. The first-order valence-corrected chi connectivity index (χ1v) is 10.0. The molecular weight excluding hydrogens is 365 g/mol. The molecule has 0 aliphatic carbocycles. The first kappa shape index (κ1) is 19.4. The molecule has 0 aromatic heterocycles. The van der Waals surface area contributed by atoms with Gasteiger partial charge in [-0.15, -0.1) is 13.2 Å². The van der Waals surface area contributed by atoms with E-state index in [1.165, 1.54) is 30.1 Å². The standard InChI is InChI=1S/C18H23F3N2O2S/c19-18(20,21)25-16-3-1-14(2-4-16)17(24)22-11-13-5-8-23(9-6-13)15-7-10-26-12-15/h1-4,13,15H,5-12H2,(H,22,24)/t15-/m0/s1. The van der Waals surface area contributed by atoms with E-state index in [4.69, 9.17) is 0 Å². The van der Waals surface area contributed by atoms with Crippen LogP contribution in [0.5, 0.6) is 5.75 Å². The summed E-state index contributed by atoms with van der Waals surface area (Å²) in [7, 11) is 0. The number of carbonyl (C=O) groups is 1. The maximum absolute atomic E-state index is 12.2. The van der Waals surface area contributed by atoms with Gasteiger partial charge in [0.1, 0.15) is 5.75 Å². The van der Waals surface area contributed by atoms with Gasteiger partial charge in [-0.2, -0.15) is 11.8 Å². The molecule has 144 valence electrons. The van der Waals surface area contributed by atoms with E-state index < -0.39 is 6.36 Å². The van der Waals surface area contributed by atoms with E-state index in [0.717, 1.165) is 38.1 Å². The van der Waals surface area contributed by atoms with E-state index in [1.807, 2.05) is 11.8 Å². The summed E-state index contributed by atoms with van der Waals surface area (Å²) < 4.78 is 40.2. The van der Waals surface area contributed by atoms with Crippen LogP contribution in [0.4, 0.5) is 13.2 Å². The smallest absolute Gasteiger partial charge is 0.406 e. The Morgan fingerprint density at radius 1 is 1.19 bits per heavy atom. The molecule has 4 nitrogen and oxygen atoms in total. The van der Waals surface area contributed by atoms with Crippen LogP contribution in [-0.2, 0) is 0 Å². The van der Waals surface area contributed by atoms with E-state index in [0.29, 0.717) is 24.1 Å². The molecule has 1 amide bonds. The third-order valence-corrected chi connectivity index (χ3v) is 6.12. The van der Waals surface area contributed by atoms with Gasteiger partial charge in [0.2, 0.25) is 0 Å². The van der Waals surface area contributed by atoms with Crippen LogP contribution in [0.25, 0.3) is 0 Å². The lowest BCUT2D eigenvalue weighted by atomic mass is 9.95. The second-order valence-corrected chi connectivity index (χ2v) is 7.93. The molecule has 1 aromatic rings. The molecule has 1 atom stereocenters. The van der Waals surface area contributed by atoms with Crippen molar-refractivity contribution in [3.8, 4) is 5.75 Å². The monoisotopic (exact) mass is 388 g/mol. The molecule has 0 bridgehead atoms. The Balaban J connectivity index is 1.41. The maximum Gasteiger partial charge on any atom is 0.573 e. The van der Waals surface area contributed by atoms with Crippen LogP contribution in [0.3, 0.4) is 0 Å². The zero-order valence-electron chi connectivity index (χ0n) is 14.4. The zero-order chi connectivity index (χ0) is 18.6. The van der Waals surface area contributed by atoms with Crippen molar-refractivity contribution >= 4 is 17.7 Å². The number of hydrogen-bond donors (Lipinski definition) is 1. The molecule has 3 rings (SSSR count). The van der Waals surface area contributed by atoms with Gasteiger partial charge in [0, 0.05) is 23.9 Å². The molecule has 0 radical (unpaired) electrons. The summed E-state index contributed by atoms with van der Waals surface area (Å²) in [5, 5.41) is 2.90. The van der Waals surface area contributed by atoms with Crippen LogP contribution in [0.15, 0.2) is 24.3 Å². The SMILES string of the molecule is O=C(NCC1CCN([C@H]2CCSC2)CC1)c1ccc(OC(F)(F)F)cc1. The van der Waals surface area contributed by atoms with E-state index in [-0.39, 0.29) is 11.7 Å². The molecule has 0 unspecified atom stereocenters. The minimum absolute atomic E-state index is 0.266. The van der Waals surface area contributed by atoms with Gasteiger partial charge in [0.15, 0.2) is 0 Å². The number of carbonyl (C=O) groups excluding carboxylic acids is 1. The molecule has 0 spiro atoms. The molecule has 2 saturated heterocycles. The third-order valence-electron chi connectivity index (χ3n) is 4.97. The molecule has 1 aromatic carbocycles. The highest BCUT2D eigenvalue weighted by molar-refractivity contribution is 7.99. The number of piperidine rings is 1. The van der Waals surface area contributed by atoms with Crippen molar-refractivity contribution < 1.29 is 22.7 Å². The molecule has 0 saturated carbocycles. The summed E-state index contributed by atoms with van der Waals surface area (Å²) in [5.41, 5.74) is 0.333. The summed E-state index contributed by atoms with van der Waals surface area (Å²) in [6.45, 7) is 2.76. The van der Waals surface area contributed by atoms with Crippen molar-refractivity contribution in [2.75, 3.05) is 31.1 Å². The number of ether oxygens (including phenoxy) is 1. The normalized spacial score (nSPS) is 22.3. The van der Waals surface area contributed by atoms with Crippen molar-refractivity contribution in [3.05, 3.63) is 29.8 Å². The first-order chi connectivity index (χ1) is 12.4. The fourth-order valence-electron chi connectivity index (χ4n) is 3.48. The van der Waals surface area contributed by atoms with Gasteiger partial charge in [0.05, 0.1) is 0 Å². The number of rotatable bonds is 5. The lowest BCUT2D eigenvalue weighted by Crippen LogP contribution is -2.43. The lowest BCUT2D eigenvalue weighted by Gasteiger charge is -2.35. The van der Waals surface area contributed by atoms with Crippen molar-refractivity contribution in [3.63, 3.8) is 0 Å². The van der Waals surface area contributed by atoms with Gasteiger partial charge in [0.25, 0.3) is 5.91 Å². The Hall–Kier alpha value is -1.41. The first-order valence-electron chi connectivity index (χ1n) is 8.86. The number of alkyl halides is 3. The van der Waals surface area contributed by atoms with Gasteiger partial charge >= 0.3 is 6.36 Å². The number of amides is 1. The summed E-state index contributed by atoms with van der Waals surface area (Å²) in [6.07, 6.45) is -1.31. The summed E-state index contributed by atoms with van der Waals surface area (Å²) in [4.78, 5) is 14.7. The highest BCUT2D eigenvalue weighted by atomic mass is 32.2. The van der Waals surface area contributed by atoms with Crippen molar-refractivity contribution in [1.29, 1.82) is 0 Å². The van der Waals surface area contributed by atoms with Gasteiger partial charge in [-0.3, -0.25) is 9.69 Å². The molecule has 26 heavy (non-hydrogen) atoms. The topological polar surface area (TPSA) is 41.6 Å². The second kappa shape index (κ2) is 8.52. The van der Waals surface area contributed by atoms with Gasteiger partial charge < -0.3 is 10.1 Å². The molecular formula is C18H23F3N2O2S.